The molecule has 2 aromatic carbocycles. The number of hydrogen-bond donors (Lipinski definition) is 25. The van der Waals surface area contributed by atoms with Crippen molar-refractivity contribution in [3.05, 3.63) is 59.7 Å². The minimum absolute atomic E-state index is 0.0156. The highest BCUT2D eigenvalue weighted by molar-refractivity contribution is 6.01. The summed E-state index contributed by atoms with van der Waals surface area (Å²) in [5.74, 6) is -19.4. The number of aromatic hydroxyl groups is 2. The van der Waals surface area contributed by atoms with Crippen LogP contribution in [0.5, 0.6) is 11.5 Å². The number of carbonyl (C=O) groups excluding carboxylic acids is 15. The first kappa shape index (κ1) is 92.7. The highest BCUT2D eigenvalue weighted by Crippen LogP contribution is 2.17. The summed E-state index contributed by atoms with van der Waals surface area (Å²) >= 11 is 0. The normalized spacial score (nSPS) is 14.6. The molecule has 0 aliphatic carbocycles. The largest absolute Gasteiger partial charge is 0.508 e. The first-order valence-corrected chi connectivity index (χ1v) is 34.5. The van der Waals surface area contributed by atoms with Crippen LogP contribution in [0.4, 0.5) is 0 Å². The first-order valence-electron chi connectivity index (χ1n) is 34.5. The third-order valence-corrected chi connectivity index (χ3v) is 16.0. The van der Waals surface area contributed by atoms with Crippen LogP contribution in [0, 0.1) is 5.92 Å². The molecule has 0 aliphatic heterocycles. The number of phenolic OH excluding ortho intramolecular Hbond substituents is 2. The maximum absolute atomic E-state index is 14.8. The fourth-order valence-corrected chi connectivity index (χ4v) is 10.4. The van der Waals surface area contributed by atoms with Gasteiger partial charge in [-0.25, -0.2) is 0 Å². The van der Waals surface area contributed by atoms with Gasteiger partial charge in [-0.3, -0.25) is 81.7 Å². The SMILES string of the molecule is CC(C)C[C@H](NC(=O)[C@H](CC(N)=O)NC(=O)[C@H](CCCN=C(N)N)NC(=O)[C@H](CCCCN)NC(=O)[C@H](Cc1ccc(O)cc1)NC(=O)[C@@H](NC(=O)[C@@H](NC(=O)[C@H](Cc1ccc(O)cc1)NC(=O)[C@H](CC(N)=O)NC(=O)[C@H](CC(N)=O)NC(=O)CN)[C@@H](C)O)[C@@H](C)O)C(=O)N[C@@H](CCCCN)C(=O)NCC(=O)O. The van der Waals surface area contributed by atoms with Gasteiger partial charge in [-0.05, 0) is 126 Å². The summed E-state index contributed by atoms with van der Waals surface area (Å²) in [5.41, 5.74) is 44.6. The van der Waals surface area contributed by atoms with Crippen molar-refractivity contribution < 1.29 is 102 Å². The van der Waals surface area contributed by atoms with Crippen LogP contribution in [-0.4, -0.2) is 237 Å². The number of guanidine groups is 1. The smallest absolute Gasteiger partial charge is 0.322 e. The Morgan fingerprint density at radius 1 is 0.389 bits per heavy atom. The van der Waals surface area contributed by atoms with Gasteiger partial charge in [-0.2, -0.15) is 0 Å². The average Bonchev–Trinajstić information content (AvgIpc) is 0.850. The third kappa shape index (κ3) is 35.6. The monoisotopic (exact) mass is 1530 g/mol. The number of nitrogens with two attached hydrogens (primary N) is 8. The molecule has 33 N–H and O–H groups in total. The lowest BCUT2D eigenvalue weighted by atomic mass is 10.0. The molecule has 2 aromatic rings. The van der Waals surface area contributed by atoms with Crippen LogP contribution >= 0.6 is 0 Å². The zero-order valence-corrected chi connectivity index (χ0v) is 60.5. The molecule has 0 aliphatic rings. The Kier molecular flexibility index (Phi) is 41.2. The molecule has 108 heavy (non-hydrogen) atoms. The number of phenols is 2. The number of carboxylic acid groups (broad SMARTS) is 1. The Labute approximate surface area is 621 Å². The number of primary amides is 3. The molecule has 0 fully saturated rings. The maximum Gasteiger partial charge on any atom is 0.322 e. The summed E-state index contributed by atoms with van der Waals surface area (Å²) in [6, 6.07) is -8.97. The molecular formula is C66H105N21O21. The van der Waals surface area contributed by atoms with Gasteiger partial charge in [-0.1, -0.05) is 38.1 Å². The predicted molar refractivity (Wildman–Crippen MR) is 385 cm³/mol. The predicted octanol–water partition coefficient (Wildman–Crippen LogP) is -9.88. The van der Waals surface area contributed by atoms with Gasteiger partial charge < -0.3 is 135 Å². The molecule has 0 radical (unpaired) electrons. The molecule has 15 amide bonds. The molecule has 42 heteroatoms. The molecule has 0 aromatic heterocycles. The quantitative estimate of drug-likeness (QED) is 0.0166. The fraction of sp³-hybridized carbons (Fsp3) is 0.561. The Bertz CT molecular complexity index is 3430. The molecule has 2 rings (SSSR count). The minimum Gasteiger partial charge on any atom is -0.508 e. The number of carbonyl (C=O) groups is 16. The van der Waals surface area contributed by atoms with E-state index in [4.69, 9.17) is 51.0 Å². The van der Waals surface area contributed by atoms with Crippen LogP contribution in [0.3, 0.4) is 0 Å². The number of nitrogens with zero attached hydrogens (tertiary/aromatic N) is 1. The topological polar surface area (TPSA) is 739 Å². The highest BCUT2D eigenvalue weighted by atomic mass is 16.4. The molecule has 0 heterocycles. The molecule has 600 valence electrons. The van der Waals surface area contributed by atoms with E-state index in [9.17, 15) is 97.1 Å². The van der Waals surface area contributed by atoms with E-state index in [1.54, 1.807) is 13.8 Å². The van der Waals surface area contributed by atoms with Crippen molar-refractivity contribution in [2.75, 3.05) is 32.7 Å². The molecule has 13 atom stereocenters. The number of aliphatic hydroxyl groups is 2. The Balaban J connectivity index is 2.65. The van der Waals surface area contributed by atoms with Gasteiger partial charge >= 0.3 is 5.97 Å². The van der Waals surface area contributed by atoms with Crippen molar-refractivity contribution in [3.8, 4) is 11.5 Å². The zero-order valence-electron chi connectivity index (χ0n) is 60.5. The van der Waals surface area contributed by atoms with Gasteiger partial charge in [-0.15, -0.1) is 0 Å². The maximum atomic E-state index is 14.8. The lowest BCUT2D eigenvalue weighted by molar-refractivity contribution is -0.139. The summed E-state index contributed by atoms with van der Waals surface area (Å²) < 4.78 is 0. The van der Waals surface area contributed by atoms with Crippen LogP contribution in [0.15, 0.2) is 53.5 Å². The molecule has 0 bridgehead atoms. The van der Waals surface area contributed by atoms with E-state index in [0.29, 0.717) is 12.8 Å². The fourth-order valence-electron chi connectivity index (χ4n) is 10.4. The molecule has 42 nitrogen and oxygen atoms in total. The van der Waals surface area contributed by atoms with Gasteiger partial charge in [0, 0.05) is 19.4 Å². The van der Waals surface area contributed by atoms with Crippen molar-refractivity contribution in [3.63, 3.8) is 0 Å². The van der Waals surface area contributed by atoms with Crippen LogP contribution in [0.1, 0.15) is 116 Å². The molecular weight excluding hydrogens is 1420 g/mol. The van der Waals surface area contributed by atoms with E-state index in [-0.39, 0.29) is 99.1 Å². The Morgan fingerprint density at radius 3 is 1.07 bits per heavy atom. The minimum atomic E-state index is -2.08. The number of amides is 15. The van der Waals surface area contributed by atoms with Crippen LogP contribution in [-0.2, 0) is 89.6 Å². The molecule has 0 unspecified atom stereocenters. The van der Waals surface area contributed by atoms with Crippen molar-refractivity contribution >= 4 is 101 Å². The lowest BCUT2D eigenvalue weighted by Gasteiger charge is -2.30. The number of rotatable bonds is 51. The van der Waals surface area contributed by atoms with E-state index < -0.39 is 218 Å². The number of benzene rings is 2. The number of hydrogen-bond acceptors (Lipinski definition) is 24. The van der Waals surface area contributed by atoms with Gasteiger partial charge in [0.05, 0.1) is 38.0 Å². The standard InChI is InChI=1S/C66H105N21O21/c1-32(2)24-42(58(101)78-39(10-5-7-21-67)55(98)76-31-52(96)97)81-61(104)46(28-49(71)93)83-57(100)41(12-9-23-75-66(73)74)79-56(99)40(11-6-8-22-68)80-59(102)43(25-35-13-17-37(90)18-14-35)85-64(107)53(33(3)88)87-65(108)54(34(4)89)86-63(106)44(26-36-15-19-38(91)20-16-36)82-62(105)47(29-50(72)94)84-60(103)45(27-48(70)92)77-51(95)30-69/h13-20,32-34,39-47,53-54,88-91H,5-12,21-31,67-69H2,1-4H3,(H2,70,92)(H2,71,93)(H2,72,94)(H,76,98)(H,77,95)(H,78,101)(H,79,99)(H,80,102)(H,81,104)(H,82,105)(H,83,100)(H,84,103)(H,85,107)(H,86,106)(H,87,108)(H,96,97)(H4,73,74,75)/t33-,34-,39+,40+,41+,42+,43+,44+,45+,46+,47+,53+,54+/m1/s1. The number of aliphatic carboxylic acids is 1. The summed E-state index contributed by atoms with van der Waals surface area (Å²) in [4.78, 5) is 220. The van der Waals surface area contributed by atoms with E-state index in [1.165, 1.54) is 48.5 Å². The number of aliphatic hydroxyl groups excluding tert-OH is 2. The highest BCUT2D eigenvalue weighted by Gasteiger charge is 2.39. The Morgan fingerprint density at radius 2 is 0.704 bits per heavy atom. The Hall–Kier alpha value is -11.4. The summed E-state index contributed by atoms with van der Waals surface area (Å²) in [6.45, 7) is 4.22. The van der Waals surface area contributed by atoms with Crippen molar-refractivity contribution in [1.29, 1.82) is 0 Å². The van der Waals surface area contributed by atoms with Gasteiger partial charge in [0.25, 0.3) is 0 Å². The zero-order chi connectivity index (χ0) is 81.5. The second-order valence-electron chi connectivity index (χ2n) is 25.8. The summed E-state index contributed by atoms with van der Waals surface area (Å²) in [7, 11) is 0. The molecule has 0 saturated carbocycles. The lowest BCUT2D eigenvalue weighted by Crippen LogP contribution is -2.64. The van der Waals surface area contributed by atoms with E-state index >= 15 is 0 Å². The second-order valence-corrected chi connectivity index (χ2v) is 25.8. The van der Waals surface area contributed by atoms with Gasteiger partial charge in [0.1, 0.15) is 84.5 Å². The number of carboxylic acids is 1. The van der Waals surface area contributed by atoms with Crippen molar-refractivity contribution in [1.82, 2.24) is 63.8 Å². The van der Waals surface area contributed by atoms with Crippen LogP contribution in [0.25, 0.3) is 0 Å². The number of aliphatic imine (C=N–C) groups is 1. The first-order chi connectivity index (χ1) is 50.8. The van der Waals surface area contributed by atoms with Crippen LogP contribution in [0.2, 0.25) is 0 Å². The summed E-state index contributed by atoms with van der Waals surface area (Å²) in [6.07, 6.45) is -6.79. The number of unbranched alkanes of at least 4 members (excludes halogenated alkanes) is 2. The van der Waals surface area contributed by atoms with E-state index in [1.807, 2.05) is 0 Å². The van der Waals surface area contributed by atoms with Crippen molar-refractivity contribution in [2.24, 2.45) is 56.8 Å². The van der Waals surface area contributed by atoms with Crippen molar-refractivity contribution in [2.45, 2.75) is 196 Å². The van der Waals surface area contributed by atoms with Crippen LogP contribution < -0.4 is 110 Å². The summed E-state index contributed by atoms with van der Waals surface area (Å²) in [5, 5.41) is 79.7. The van der Waals surface area contributed by atoms with Gasteiger partial charge in [0.15, 0.2) is 5.96 Å². The van der Waals surface area contributed by atoms with E-state index in [0.717, 1.165) is 13.8 Å². The van der Waals surface area contributed by atoms with Gasteiger partial charge in [0.2, 0.25) is 88.6 Å². The van der Waals surface area contributed by atoms with E-state index in [2.05, 4.69) is 68.8 Å². The second kappa shape index (κ2) is 48.0. The molecule has 0 saturated heterocycles. The number of nitrogens with one attached hydrogen (secondary N) is 12. The molecule has 0 spiro atoms. The third-order valence-electron chi connectivity index (χ3n) is 16.0. The average molecular weight is 1530 g/mol.